The van der Waals surface area contributed by atoms with Crippen LogP contribution in [0.4, 0.5) is 0 Å². The highest BCUT2D eigenvalue weighted by Crippen LogP contribution is 2.50. The van der Waals surface area contributed by atoms with Crippen LogP contribution in [0.5, 0.6) is 0 Å². The molecule has 0 bridgehead atoms. The van der Waals surface area contributed by atoms with Crippen LogP contribution in [-0.2, 0) is 19.1 Å². The lowest BCUT2D eigenvalue weighted by Crippen LogP contribution is -2.65. The molecule has 1 N–H and O–H groups in total. The van der Waals surface area contributed by atoms with E-state index in [0.717, 1.165) is 25.7 Å². The van der Waals surface area contributed by atoms with Gasteiger partial charge in [0.1, 0.15) is 11.7 Å². The SMILES string of the molecule is CC(=O)O[C@H]1[C@H](C(C)C)[C@H]2/C=C(/C)CC/C=C(\C)CC[C@H]2[C@](C)(O)[C@@H]1OC(C)=O. The number of carbonyl (C=O) groups excluding carboxylic acids is 2. The van der Waals surface area contributed by atoms with Gasteiger partial charge in [-0.1, -0.05) is 37.1 Å². The number of carbonyl (C=O) groups is 2. The summed E-state index contributed by atoms with van der Waals surface area (Å²) in [5.41, 5.74) is 1.29. The molecule has 2 rings (SSSR count). The van der Waals surface area contributed by atoms with Gasteiger partial charge in [0.05, 0.1) is 0 Å². The van der Waals surface area contributed by atoms with Gasteiger partial charge in [0.15, 0.2) is 6.10 Å². The molecule has 6 atom stereocenters. The largest absolute Gasteiger partial charge is 0.458 e. The molecule has 0 aliphatic heterocycles. The highest BCUT2D eigenvalue weighted by atomic mass is 16.6. The number of hydrogen-bond donors (Lipinski definition) is 1. The summed E-state index contributed by atoms with van der Waals surface area (Å²) >= 11 is 0. The van der Waals surface area contributed by atoms with Crippen molar-refractivity contribution in [2.75, 3.05) is 0 Å². The number of fused-ring (bicyclic) bond motifs is 1. The average molecular weight is 407 g/mol. The average Bonchev–Trinajstić information content (AvgIpc) is 2.56. The third kappa shape index (κ3) is 5.50. The Labute approximate surface area is 175 Å². The Hall–Kier alpha value is -1.62. The fourth-order valence-corrected chi connectivity index (χ4v) is 5.30. The van der Waals surface area contributed by atoms with Crippen LogP contribution >= 0.6 is 0 Å². The van der Waals surface area contributed by atoms with E-state index in [1.54, 1.807) is 6.92 Å². The number of hydrogen-bond acceptors (Lipinski definition) is 5. The van der Waals surface area contributed by atoms with E-state index >= 15 is 0 Å². The summed E-state index contributed by atoms with van der Waals surface area (Å²) in [4.78, 5) is 23.8. The fourth-order valence-electron chi connectivity index (χ4n) is 5.30. The smallest absolute Gasteiger partial charge is 0.303 e. The highest BCUT2D eigenvalue weighted by Gasteiger charge is 2.59. The summed E-state index contributed by atoms with van der Waals surface area (Å²) in [6, 6.07) is 0. The van der Waals surface area contributed by atoms with E-state index in [0.29, 0.717) is 0 Å². The van der Waals surface area contributed by atoms with Crippen molar-refractivity contribution in [3.8, 4) is 0 Å². The van der Waals surface area contributed by atoms with E-state index in [1.165, 1.54) is 25.0 Å². The second kappa shape index (κ2) is 9.46. The summed E-state index contributed by atoms with van der Waals surface area (Å²) in [5, 5.41) is 11.7. The maximum absolute atomic E-state index is 11.9. The minimum absolute atomic E-state index is 0.0343. The Kier molecular flexibility index (Phi) is 7.72. The van der Waals surface area contributed by atoms with E-state index < -0.39 is 29.7 Å². The molecule has 2 aliphatic carbocycles. The van der Waals surface area contributed by atoms with Crippen molar-refractivity contribution in [2.24, 2.45) is 23.7 Å². The molecule has 0 spiro atoms. The summed E-state index contributed by atoms with van der Waals surface area (Å²) in [5.74, 6) is -0.839. The minimum atomic E-state index is -1.31. The first-order chi connectivity index (χ1) is 13.4. The first kappa shape index (κ1) is 23.7. The van der Waals surface area contributed by atoms with Gasteiger partial charge in [0, 0.05) is 19.8 Å². The number of allylic oxidation sites excluding steroid dienone is 4. The lowest BCUT2D eigenvalue weighted by molar-refractivity contribution is -0.234. The van der Waals surface area contributed by atoms with Crippen LogP contribution in [0, 0.1) is 23.7 Å². The van der Waals surface area contributed by atoms with E-state index in [1.807, 2.05) is 0 Å². The van der Waals surface area contributed by atoms with Crippen LogP contribution in [-0.4, -0.2) is 34.9 Å². The van der Waals surface area contributed by atoms with Crippen molar-refractivity contribution < 1.29 is 24.2 Å². The maximum Gasteiger partial charge on any atom is 0.303 e. The molecule has 0 aromatic carbocycles. The summed E-state index contributed by atoms with van der Waals surface area (Å²) in [6.45, 7) is 12.9. The summed E-state index contributed by atoms with van der Waals surface area (Å²) in [7, 11) is 0. The van der Waals surface area contributed by atoms with Gasteiger partial charge in [-0.15, -0.1) is 0 Å². The van der Waals surface area contributed by atoms with Crippen LogP contribution in [0.2, 0.25) is 0 Å². The third-order valence-corrected chi connectivity index (χ3v) is 6.64. The molecule has 5 heteroatoms. The monoisotopic (exact) mass is 406 g/mol. The number of rotatable bonds is 3. The van der Waals surface area contributed by atoms with E-state index in [9.17, 15) is 14.7 Å². The third-order valence-electron chi connectivity index (χ3n) is 6.64. The van der Waals surface area contributed by atoms with E-state index in [4.69, 9.17) is 9.47 Å². The molecule has 0 amide bonds. The van der Waals surface area contributed by atoms with Crippen molar-refractivity contribution in [2.45, 2.75) is 92.0 Å². The molecule has 0 aromatic heterocycles. The zero-order valence-electron chi connectivity index (χ0n) is 19.0. The standard InChI is InChI=1S/C24H38O5/c1-14(2)21-19-13-16(4)10-8-9-15(3)11-12-20(19)24(7,27)23(29-18(6)26)22(21)28-17(5)25/h9,13-14,19-23,27H,8,10-12H2,1-7H3/b15-9+,16-13-/t19-,20+,21+,22-,23+,24-/m0/s1. The highest BCUT2D eigenvalue weighted by molar-refractivity contribution is 5.67. The second-order valence-electron chi connectivity index (χ2n) is 9.48. The van der Waals surface area contributed by atoms with Crippen molar-refractivity contribution >= 4 is 11.9 Å². The lowest BCUT2D eigenvalue weighted by Gasteiger charge is -2.54. The molecule has 1 fully saturated rings. The molecule has 29 heavy (non-hydrogen) atoms. The molecule has 1 saturated carbocycles. The second-order valence-corrected chi connectivity index (χ2v) is 9.48. The molecule has 0 aromatic rings. The van der Waals surface area contributed by atoms with Gasteiger partial charge in [-0.2, -0.15) is 0 Å². The Morgan fingerprint density at radius 2 is 1.72 bits per heavy atom. The van der Waals surface area contributed by atoms with Gasteiger partial charge in [-0.05, 0) is 64.2 Å². The van der Waals surface area contributed by atoms with Crippen LogP contribution in [0.3, 0.4) is 0 Å². The van der Waals surface area contributed by atoms with E-state index in [2.05, 4.69) is 39.8 Å². The van der Waals surface area contributed by atoms with Crippen LogP contribution in [0.1, 0.15) is 74.1 Å². The summed E-state index contributed by atoms with van der Waals surface area (Å²) in [6.07, 6.45) is 6.64. The first-order valence-corrected chi connectivity index (χ1v) is 10.8. The molecule has 2 aliphatic rings. The number of ether oxygens (including phenoxy) is 2. The molecule has 0 unspecified atom stereocenters. The Balaban J connectivity index is 2.62. The molecular weight excluding hydrogens is 368 g/mol. The zero-order valence-corrected chi connectivity index (χ0v) is 19.0. The normalized spacial score (nSPS) is 39.4. The fraction of sp³-hybridized carbons (Fsp3) is 0.750. The predicted octanol–water partition coefficient (Wildman–Crippen LogP) is 4.59. The Morgan fingerprint density at radius 1 is 1.10 bits per heavy atom. The van der Waals surface area contributed by atoms with Crippen LogP contribution < -0.4 is 0 Å². The van der Waals surface area contributed by atoms with Crippen LogP contribution in [0.15, 0.2) is 23.3 Å². The van der Waals surface area contributed by atoms with Gasteiger partial charge in [0.25, 0.3) is 0 Å². The quantitative estimate of drug-likeness (QED) is 0.548. The Bertz CT molecular complexity index is 671. The molecule has 0 radical (unpaired) electrons. The molecule has 0 saturated heterocycles. The van der Waals surface area contributed by atoms with Crippen molar-refractivity contribution in [3.63, 3.8) is 0 Å². The Morgan fingerprint density at radius 3 is 2.28 bits per heavy atom. The van der Waals surface area contributed by atoms with Crippen molar-refractivity contribution in [1.29, 1.82) is 0 Å². The molecular formula is C24H38O5. The molecule has 0 heterocycles. The number of aliphatic hydroxyl groups is 1. The topological polar surface area (TPSA) is 72.8 Å². The van der Waals surface area contributed by atoms with Gasteiger partial charge in [-0.3, -0.25) is 9.59 Å². The summed E-state index contributed by atoms with van der Waals surface area (Å²) < 4.78 is 11.4. The minimum Gasteiger partial charge on any atom is -0.458 e. The van der Waals surface area contributed by atoms with Gasteiger partial charge < -0.3 is 14.6 Å². The predicted molar refractivity (Wildman–Crippen MR) is 113 cm³/mol. The maximum atomic E-state index is 11.9. The van der Waals surface area contributed by atoms with Crippen molar-refractivity contribution in [1.82, 2.24) is 0 Å². The zero-order chi connectivity index (χ0) is 21.9. The van der Waals surface area contributed by atoms with E-state index in [-0.39, 0.29) is 23.7 Å². The van der Waals surface area contributed by atoms with Gasteiger partial charge >= 0.3 is 11.9 Å². The molecule has 164 valence electrons. The molecule has 5 nitrogen and oxygen atoms in total. The first-order valence-electron chi connectivity index (χ1n) is 10.8. The number of esters is 2. The van der Waals surface area contributed by atoms with Gasteiger partial charge in [0.2, 0.25) is 0 Å². The lowest BCUT2D eigenvalue weighted by atomic mass is 9.57. The van der Waals surface area contributed by atoms with Crippen molar-refractivity contribution in [3.05, 3.63) is 23.3 Å². The van der Waals surface area contributed by atoms with Crippen LogP contribution in [0.25, 0.3) is 0 Å². The van der Waals surface area contributed by atoms with Gasteiger partial charge in [-0.25, -0.2) is 0 Å².